The summed E-state index contributed by atoms with van der Waals surface area (Å²) in [7, 11) is 2.81. The summed E-state index contributed by atoms with van der Waals surface area (Å²) in [5.74, 6) is -0.664. The van der Waals surface area contributed by atoms with Crippen molar-refractivity contribution < 1.29 is 18.7 Å². The highest BCUT2D eigenvalue weighted by atomic mass is 79.9. The molecule has 0 amide bonds. The van der Waals surface area contributed by atoms with Crippen molar-refractivity contribution in [3.63, 3.8) is 0 Å². The number of methoxy groups -OCH3 is 2. The lowest BCUT2D eigenvalue weighted by Crippen LogP contribution is -2.06. The van der Waals surface area contributed by atoms with Crippen LogP contribution in [-0.4, -0.2) is 20.0 Å². The van der Waals surface area contributed by atoms with Crippen LogP contribution in [0.4, 0.5) is 10.1 Å². The quantitative estimate of drug-likeness (QED) is 0.675. The van der Waals surface area contributed by atoms with Crippen molar-refractivity contribution in [1.82, 2.24) is 0 Å². The first-order valence-corrected chi connectivity index (χ1v) is 6.78. The minimum atomic E-state index is -0.684. The smallest absolute Gasteiger partial charge is 0.196 e. The first-order valence-electron chi connectivity index (χ1n) is 5.98. The topological polar surface area (TPSA) is 61.5 Å². The molecule has 2 rings (SSSR count). The summed E-state index contributed by atoms with van der Waals surface area (Å²) in [5, 5.41) is 0. The standard InChI is InChI=1S/C15H13BrFNO3/c1-20-13-6-11(12(17)7-14(13)21-2)15(19)8-3-9(16)5-10(18)4-8/h3-7H,18H2,1-2H3. The van der Waals surface area contributed by atoms with Crippen LogP contribution >= 0.6 is 15.9 Å². The fraction of sp³-hybridized carbons (Fsp3) is 0.133. The number of hydrogen-bond acceptors (Lipinski definition) is 4. The minimum absolute atomic E-state index is 0.106. The van der Waals surface area contributed by atoms with Gasteiger partial charge in [0.15, 0.2) is 17.3 Å². The molecular formula is C15H13BrFNO3. The highest BCUT2D eigenvalue weighted by Gasteiger charge is 2.19. The van der Waals surface area contributed by atoms with Gasteiger partial charge in [0.2, 0.25) is 0 Å². The van der Waals surface area contributed by atoms with Gasteiger partial charge in [-0.1, -0.05) is 15.9 Å². The number of ketones is 1. The average molecular weight is 354 g/mol. The number of carbonyl (C=O) groups is 1. The van der Waals surface area contributed by atoms with Gasteiger partial charge < -0.3 is 15.2 Å². The lowest BCUT2D eigenvalue weighted by atomic mass is 10.0. The van der Waals surface area contributed by atoms with Crippen molar-refractivity contribution in [2.45, 2.75) is 0 Å². The van der Waals surface area contributed by atoms with Gasteiger partial charge in [0, 0.05) is 21.8 Å². The van der Waals surface area contributed by atoms with Gasteiger partial charge in [0.05, 0.1) is 19.8 Å². The van der Waals surface area contributed by atoms with Crippen molar-refractivity contribution >= 4 is 27.4 Å². The predicted octanol–water partition coefficient (Wildman–Crippen LogP) is 3.42. The number of halogens is 2. The van der Waals surface area contributed by atoms with Crippen molar-refractivity contribution in [2.24, 2.45) is 0 Å². The van der Waals surface area contributed by atoms with Crippen LogP contribution in [0.3, 0.4) is 0 Å². The second-order valence-electron chi connectivity index (χ2n) is 4.29. The molecule has 2 aromatic rings. The first-order chi connectivity index (χ1) is 9.96. The van der Waals surface area contributed by atoms with Gasteiger partial charge in [-0.15, -0.1) is 0 Å². The van der Waals surface area contributed by atoms with Gasteiger partial charge in [0.25, 0.3) is 0 Å². The van der Waals surface area contributed by atoms with Crippen LogP contribution in [0.1, 0.15) is 15.9 Å². The SMILES string of the molecule is COc1cc(F)c(C(=O)c2cc(N)cc(Br)c2)cc1OC. The molecule has 4 nitrogen and oxygen atoms in total. The molecule has 21 heavy (non-hydrogen) atoms. The van der Waals surface area contributed by atoms with E-state index in [9.17, 15) is 9.18 Å². The van der Waals surface area contributed by atoms with Crippen LogP contribution in [0.15, 0.2) is 34.8 Å². The summed E-state index contributed by atoms with van der Waals surface area (Å²) in [4.78, 5) is 12.4. The Kier molecular flexibility index (Phi) is 4.47. The number of anilines is 1. The summed E-state index contributed by atoms with van der Waals surface area (Å²) < 4.78 is 24.8. The third-order valence-corrected chi connectivity index (χ3v) is 3.36. The number of nitrogens with two attached hydrogens (primary N) is 1. The van der Waals surface area contributed by atoms with Gasteiger partial charge in [-0.25, -0.2) is 4.39 Å². The van der Waals surface area contributed by atoms with E-state index < -0.39 is 11.6 Å². The van der Waals surface area contributed by atoms with Gasteiger partial charge >= 0.3 is 0 Å². The molecular weight excluding hydrogens is 341 g/mol. The fourth-order valence-corrected chi connectivity index (χ4v) is 2.44. The molecule has 0 fully saturated rings. The monoisotopic (exact) mass is 353 g/mol. The van der Waals surface area contributed by atoms with Crippen molar-refractivity contribution in [2.75, 3.05) is 20.0 Å². The number of benzene rings is 2. The summed E-state index contributed by atoms with van der Waals surface area (Å²) in [6.07, 6.45) is 0. The number of hydrogen-bond donors (Lipinski definition) is 1. The third kappa shape index (κ3) is 3.16. The Hall–Kier alpha value is -2.08. The Balaban J connectivity index is 2.52. The second-order valence-corrected chi connectivity index (χ2v) is 5.21. The maximum absolute atomic E-state index is 14.1. The molecule has 0 spiro atoms. The van der Waals surface area contributed by atoms with E-state index in [2.05, 4.69) is 15.9 Å². The van der Waals surface area contributed by atoms with Gasteiger partial charge in [-0.3, -0.25) is 4.79 Å². The lowest BCUT2D eigenvalue weighted by Gasteiger charge is -2.11. The van der Waals surface area contributed by atoms with Crippen LogP contribution in [0, 0.1) is 5.82 Å². The van der Waals surface area contributed by atoms with Crippen LogP contribution in [0.25, 0.3) is 0 Å². The summed E-state index contributed by atoms with van der Waals surface area (Å²) >= 11 is 3.25. The molecule has 0 atom stereocenters. The second kappa shape index (κ2) is 6.13. The van der Waals surface area contributed by atoms with Crippen molar-refractivity contribution in [1.29, 1.82) is 0 Å². The van der Waals surface area contributed by atoms with E-state index in [1.807, 2.05) is 0 Å². The van der Waals surface area contributed by atoms with Crippen LogP contribution in [0.5, 0.6) is 11.5 Å². The lowest BCUT2D eigenvalue weighted by molar-refractivity contribution is 0.103. The summed E-state index contributed by atoms with van der Waals surface area (Å²) in [6, 6.07) is 7.15. The summed E-state index contributed by atoms with van der Waals surface area (Å²) in [5.41, 5.74) is 6.28. The zero-order chi connectivity index (χ0) is 15.6. The Morgan fingerprint density at radius 2 is 1.71 bits per heavy atom. The Bertz CT molecular complexity index is 683. The molecule has 110 valence electrons. The van der Waals surface area contributed by atoms with Gasteiger partial charge in [-0.2, -0.15) is 0 Å². The fourth-order valence-electron chi connectivity index (χ4n) is 1.93. The number of carbonyl (C=O) groups excluding carboxylic acids is 1. The molecule has 0 heterocycles. The van der Waals surface area contributed by atoms with Crippen molar-refractivity contribution in [3.05, 3.63) is 51.7 Å². The van der Waals surface area contributed by atoms with Crippen LogP contribution < -0.4 is 15.2 Å². The van der Waals surface area contributed by atoms with Crippen LogP contribution in [0.2, 0.25) is 0 Å². The largest absolute Gasteiger partial charge is 0.493 e. The Labute approximate surface area is 129 Å². The Morgan fingerprint density at radius 1 is 1.10 bits per heavy atom. The minimum Gasteiger partial charge on any atom is -0.493 e. The van der Waals surface area contributed by atoms with E-state index in [0.29, 0.717) is 10.2 Å². The molecule has 2 aromatic carbocycles. The van der Waals surface area contributed by atoms with E-state index in [1.54, 1.807) is 12.1 Å². The maximum Gasteiger partial charge on any atom is 0.196 e. The molecule has 0 aliphatic rings. The van der Waals surface area contributed by atoms with E-state index in [1.165, 1.54) is 26.4 Å². The Morgan fingerprint density at radius 3 is 2.29 bits per heavy atom. The molecule has 0 aromatic heterocycles. The van der Waals surface area contributed by atoms with Crippen molar-refractivity contribution in [3.8, 4) is 11.5 Å². The molecule has 0 bridgehead atoms. The first kappa shape index (κ1) is 15.3. The number of ether oxygens (including phenoxy) is 2. The normalized spacial score (nSPS) is 10.3. The van der Waals surface area contributed by atoms with E-state index >= 15 is 0 Å². The third-order valence-electron chi connectivity index (χ3n) is 2.90. The molecule has 2 N–H and O–H groups in total. The summed E-state index contributed by atoms with van der Waals surface area (Å²) in [6.45, 7) is 0. The molecule has 6 heteroatoms. The van der Waals surface area contributed by atoms with Gasteiger partial charge in [0.1, 0.15) is 5.82 Å². The maximum atomic E-state index is 14.1. The molecule has 0 aliphatic heterocycles. The van der Waals surface area contributed by atoms with E-state index in [0.717, 1.165) is 6.07 Å². The molecule has 0 saturated carbocycles. The van der Waals surface area contributed by atoms with Crippen LogP contribution in [-0.2, 0) is 0 Å². The van der Waals surface area contributed by atoms with E-state index in [4.69, 9.17) is 15.2 Å². The zero-order valence-corrected chi connectivity index (χ0v) is 13.0. The molecule has 0 radical (unpaired) electrons. The molecule has 0 saturated heterocycles. The molecule has 0 unspecified atom stereocenters. The highest BCUT2D eigenvalue weighted by Crippen LogP contribution is 2.31. The zero-order valence-electron chi connectivity index (χ0n) is 11.4. The average Bonchev–Trinajstić information content (AvgIpc) is 2.45. The number of rotatable bonds is 4. The number of nitrogen functional groups attached to an aromatic ring is 1. The van der Waals surface area contributed by atoms with Gasteiger partial charge in [-0.05, 0) is 24.3 Å². The highest BCUT2D eigenvalue weighted by molar-refractivity contribution is 9.10. The van der Waals surface area contributed by atoms with E-state index in [-0.39, 0.29) is 22.6 Å². The predicted molar refractivity (Wildman–Crippen MR) is 81.5 cm³/mol. The molecule has 0 aliphatic carbocycles.